The number of hydrogen-bond acceptors (Lipinski definition) is 5. The van der Waals surface area contributed by atoms with E-state index in [1.807, 2.05) is 19.9 Å². The van der Waals surface area contributed by atoms with Crippen LogP contribution in [-0.2, 0) is 10.6 Å². The Kier molecular flexibility index (Phi) is 3.28. The number of benzene rings is 1. The minimum absolute atomic E-state index is 0.261. The molecule has 1 aromatic carbocycles. The van der Waals surface area contributed by atoms with Gasteiger partial charge < -0.3 is 9.47 Å². The summed E-state index contributed by atoms with van der Waals surface area (Å²) >= 11 is 7.87. The van der Waals surface area contributed by atoms with Crippen LogP contribution in [0.1, 0.15) is 19.4 Å². The summed E-state index contributed by atoms with van der Waals surface area (Å²) in [6.45, 7) is 4.26. The second kappa shape index (κ2) is 4.81. The van der Waals surface area contributed by atoms with Crippen molar-refractivity contribution in [2.75, 3.05) is 6.79 Å². The van der Waals surface area contributed by atoms with Crippen LogP contribution in [0.2, 0.25) is 5.02 Å². The molecule has 2 aliphatic heterocycles. The molecule has 0 atom stereocenters. The van der Waals surface area contributed by atoms with E-state index in [0.717, 1.165) is 22.1 Å². The molecule has 6 heteroatoms. The molecule has 1 aromatic rings. The van der Waals surface area contributed by atoms with Gasteiger partial charge in [0.15, 0.2) is 11.5 Å². The third-order valence-electron chi connectivity index (χ3n) is 2.82. The first-order valence-corrected chi connectivity index (χ1v) is 7.27. The van der Waals surface area contributed by atoms with E-state index in [1.165, 1.54) is 0 Å². The van der Waals surface area contributed by atoms with Crippen molar-refractivity contribution in [3.05, 3.63) is 33.8 Å². The van der Waals surface area contributed by atoms with E-state index < -0.39 is 0 Å². The molecule has 0 saturated carbocycles. The van der Waals surface area contributed by atoms with Crippen molar-refractivity contribution in [3.8, 4) is 11.5 Å². The normalized spacial score (nSPS) is 19.2. The van der Waals surface area contributed by atoms with Crippen LogP contribution in [0.25, 0.3) is 0 Å². The van der Waals surface area contributed by atoms with Gasteiger partial charge in [0.25, 0.3) is 0 Å². The van der Waals surface area contributed by atoms with Crippen LogP contribution >= 0.6 is 23.4 Å². The second-order valence-corrected chi connectivity index (χ2v) is 6.33. The summed E-state index contributed by atoms with van der Waals surface area (Å²) in [4.78, 5) is 5.40. The van der Waals surface area contributed by atoms with Gasteiger partial charge in [0, 0.05) is 16.8 Å². The SMILES string of the molecule is CC1(C)C=C(SCc2cc3c(cc2Cl)OCO3)NO1. The van der Waals surface area contributed by atoms with Gasteiger partial charge in [0.2, 0.25) is 6.79 Å². The fourth-order valence-electron chi connectivity index (χ4n) is 1.85. The standard InChI is InChI=1S/C13H14ClNO3S/c1-13(2)5-12(15-18-13)19-6-8-3-10-11(4-9(8)14)17-7-16-10/h3-5,15H,6-7H2,1-2H3. The molecular formula is C13H14ClNO3S. The maximum Gasteiger partial charge on any atom is 0.231 e. The van der Waals surface area contributed by atoms with Gasteiger partial charge in [-0.2, -0.15) is 0 Å². The third kappa shape index (κ3) is 2.78. The van der Waals surface area contributed by atoms with Gasteiger partial charge in [-0.15, -0.1) is 11.8 Å². The van der Waals surface area contributed by atoms with Gasteiger partial charge in [-0.1, -0.05) is 11.6 Å². The van der Waals surface area contributed by atoms with Crippen molar-refractivity contribution in [1.82, 2.24) is 5.48 Å². The average molecular weight is 300 g/mol. The van der Waals surface area contributed by atoms with Crippen molar-refractivity contribution in [2.24, 2.45) is 0 Å². The van der Waals surface area contributed by atoms with Crippen molar-refractivity contribution < 1.29 is 14.3 Å². The molecule has 0 unspecified atom stereocenters. The molecule has 102 valence electrons. The van der Waals surface area contributed by atoms with Crippen molar-refractivity contribution in [3.63, 3.8) is 0 Å². The molecular weight excluding hydrogens is 286 g/mol. The van der Waals surface area contributed by atoms with Crippen LogP contribution < -0.4 is 15.0 Å². The second-order valence-electron chi connectivity index (χ2n) is 4.90. The predicted octanol–water partition coefficient (Wildman–Crippen LogP) is 3.46. The van der Waals surface area contributed by atoms with Gasteiger partial charge in [-0.25, -0.2) is 0 Å². The Morgan fingerprint density at radius 2 is 2.05 bits per heavy atom. The maximum atomic E-state index is 6.23. The lowest BCUT2D eigenvalue weighted by atomic mass is 10.1. The summed E-state index contributed by atoms with van der Waals surface area (Å²) in [6.07, 6.45) is 2.05. The van der Waals surface area contributed by atoms with Gasteiger partial charge >= 0.3 is 0 Å². The molecule has 2 aliphatic rings. The lowest BCUT2D eigenvalue weighted by Gasteiger charge is -2.11. The minimum atomic E-state index is -0.263. The Morgan fingerprint density at radius 1 is 1.32 bits per heavy atom. The Labute approximate surface area is 121 Å². The van der Waals surface area contributed by atoms with Crippen molar-refractivity contribution in [1.29, 1.82) is 0 Å². The fraction of sp³-hybridized carbons (Fsp3) is 0.385. The highest BCUT2D eigenvalue weighted by Crippen LogP contribution is 2.39. The monoisotopic (exact) mass is 299 g/mol. The zero-order valence-electron chi connectivity index (χ0n) is 10.7. The number of hydrogen-bond donors (Lipinski definition) is 1. The molecule has 0 spiro atoms. The first-order valence-electron chi connectivity index (χ1n) is 5.91. The van der Waals surface area contributed by atoms with E-state index in [4.69, 9.17) is 25.9 Å². The molecule has 0 saturated heterocycles. The van der Waals surface area contributed by atoms with E-state index in [1.54, 1.807) is 17.8 Å². The molecule has 19 heavy (non-hydrogen) atoms. The van der Waals surface area contributed by atoms with Crippen molar-refractivity contribution in [2.45, 2.75) is 25.2 Å². The van der Waals surface area contributed by atoms with E-state index in [9.17, 15) is 0 Å². The molecule has 2 heterocycles. The number of rotatable bonds is 3. The zero-order valence-corrected chi connectivity index (χ0v) is 12.2. The highest BCUT2D eigenvalue weighted by atomic mass is 35.5. The highest BCUT2D eigenvalue weighted by molar-refractivity contribution is 8.02. The molecule has 0 fully saturated rings. The summed E-state index contributed by atoms with van der Waals surface area (Å²) in [5, 5.41) is 1.69. The summed E-state index contributed by atoms with van der Waals surface area (Å²) in [6, 6.07) is 3.73. The number of nitrogens with one attached hydrogen (secondary N) is 1. The van der Waals surface area contributed by atoms with Crippen LogP contribution in [-0.4, -0.2) is 12.4 Å². The molecule has 0 radical (unpaired) electrons. The van der Waals surface area contributed by atoms with Gasteiger partial charge in [0.1, 0.15) is 5.60 Å². The lowest BCUT2D eigenvalue weighted by Crippen LogP contribution is -2.20. The van der Waals surface area contributed by atoms with E-state index in [-0.39, 0.29) is 12.4 Å². The van der Waals surface area contributed by atoms with Crippen molar-refractivity contribution >= 4 is 23.4 Å². The van der Waals surface area contributed by atoms with Gasteiger partial charge in [-0.05, 0) is 31.6 Å². The van der Waals surface area contributed by atoms with E-state index in [0.29, 0.717) is 10.8 Å². The summed E-state index contributed by atoms with van der Waals surface area (Å²) in [7, 11) is 0. The molecule has 3 rings (SSSR count). The zero-order chi connectivity index (χ0) is 13.5. The van der Waals surface area contributed by atoms with Crippen LogP contribution in [0.15, 0.2) is 23.2 Å². The van der Waals surface area contributed by atoms with E-state index >= 15 is 0 Å². The summed E-state index contributed by atoms with van der Waals surface area (Å²) < 4.78 is 10.6. The molecule has 4 nitrogen and oxygen atoms in total. The number of halogens is 1. The van der Waals surface area contributed by atoms with E-state index in [2.05, 4.69) is 11.6 Å². The van der Waals surface area contributed by atoms with Crippen LogP contribution in [0, 0.1) is 0 Å². The molecule has 0 aromatic heterocycles. The van der Waals surface area contributed by atoms with Gasteiger partial charge in [0.05, 0.1) is 5.03 Å². The maximum absolute atomic E-state index is 6.23. The number of hydroxylamine groups is 1. The summed E-state index contributed by atoms with van der Waals surface area (Å²) in [5.74, 6) is 2.21. The Morgan fingerprint density at radius 3 is 2.74 bits per heavy atom. The smallest absolute Gasteiger partial charge is 0.231 e. The first kappa shape index (κ1) is 13.0. The van der Waals surface area contributed by atoms with Crippen LogP contribution in [0.4, 0.5) is 0 Å². The number of thioether (sulfide) groups is 1. The molecule has 1 N–H and O–H groups in total. The molecule has 0 aliphatic carbocycles. The quantitative estimate of drug-likeness (QED) is 0.925. The predicted molar refractivity (Wildman–Crippen MR) is 75.3 cm³/mol. The largest absolute Gasteiger partial charge is 0.454 e. The van der Waals surface area contributed by atoms with Crippen LogP contribution in [0.5, 0.6) is 11.5 Å². The van der Waals surface area contributed by atoms with Crippen LogP contribution in [0.3, 0.4) is 0 Å². The Balaban J connectivity index is 1.71. The minimum Gasteiger partial charge on any atom is -0.454 e. The van der Waals surface area contributed by atoms with Gasteiger partial charge in [-0.3, -0.25) is 10.3 Å². The Hall–Kier alpha value is -1.04. The molecule has 0 bridgehead atoms. The average Bonchev–Trinajstić information content (AvgIpc) is 2.92. The molecule has 0 amide bonds. The fourth-order valence-corrected chi connectivity index (χ4v) is 3.17. The summed E-state index contributed by atoms with van der Waals surface area (Å²) in [5.41, 5.74) is 3.67. The highest BCUT2D eigenvalue weighted by Gasteiger charge is 2.24. The first-order chi connectivity index (χ1) is 9.03. The number of ether oxygens (including phenoxy) is 2. The third-order valence-corrected chi connectivity index (χ3v) is 4.14. The topological polar surface area (TPSA) is 39.7 Å². The lowest BCUT2D eigenvalue weighted by molar-refractivity contribution is -0.0126. The number of fused-ring (bicyclic) bond motifs is 1. The Bertz CT molecular complexity index is 545.